The third kappa shape index (κ3) is 5.06. The first kappa shape index (κ1) is 25.4. The average Bonchev–Trinajstić information content (AvgIpc) is 3.33. The van der Waals surface area contributed by atoms with E-state index in [0.29, 0.717) is 16.9 Å². The molecule has 1 atom stereocenters. The van der Waals surface area contributed by atoms with E-state index in [0.717, 1.165) is 20.8 Å². The molecule has 0 spiro atoms. The summed E-state index contributed by atoms with van der Waals surface area (Å²) in [5.41, 5.74) is 4.02. The highest BCUT2D eigenvalue weighted by molar-refractivity contribution is 7.18. The smallest absolute Gasteiger partial charge is 0.308 e. The molecule has 2 heterocycles. The lowest BCUT2D eigenvalue weighted by atomic mass is 10.00. The van der Waals surface area contributed by atoms with E-state index in [1.54, 1.807) is 41.3 Å². The van der Waals surface area contributed by atoms with E-state index in [4.69, 9.17) is 4.98 Å². The summed E-state index contributed by atoms with van der Waals surface area (Å²) in [6.45, 7) is 2.08. The molecule has 1 aliphatic rings. The Balaban J connectivity index is 1.42. The summed E-state index contributed by atoms with van der Waals surface area (Å²) in [6, 6.07) is 28.0. The van der Waals surface area contributed by atoms with Crippen LogP contribution >= 0.6 is 11.3 Å². The van der Waals surface area contributed by atoms with Crippen LogP contribution in [0.15, 0.2) is 102 Å². The number of rotatable bonds is 5. The molecule has 7 nitrogen and oxygen atoms in total. The number of hydrogen-bond donors (Lipinski definition) is 2. The third-order valence-corrected chi connectivity index (χ3v) is 7.53. The minimum Gasteiger partial charge on any atom is -0.308 e. The predicted molar refractivity (Wildman–Crippen MR) is 156 cm³/mol. The lowest BCUT2D eigenvalue weighted by molar-refractivity contribution is -0.120. The number of aromatic nitrogens is 1. The first-order valence-corrected chi connectivity index (χ1v) is 13.5. The second-order valence-corrected chi connectivity index (χ2v) is 10.5. The zero-order valence-electron chi connectivity index (χ0n) is 21.5. The normalized spacial score (nSPS) is 14.8. The number of aryl methyl sites for hydroxylation is 1. The van der Waals surface area contributed by atoms with Gasteiger partial charge in [0.1, 0.15) is 10.8 Å². The Hall–Kier alpha value is -4.89. The van der Waals surface area contributed by atoms with Crippen LogP contribution in [0.1, 0.15) is 21.7 Å². The molecule has 4 aromatic carbocycles. The van der Waals surface area contributed by atoms with Crippen LogP contribution in [-0.2, 0) is 11.3 Å². The second kappa shape index (κ2) is 10.7. The van der Waals surface area contributed by atoms with Gasteiger partial charge in [-0.25, -0.2) is 19.2 Å². The molecule has 1 aliphatic heterocycles. The first-order chi connectivity index (χ1) is 19.5. The summed E-state index contributed by atoms with van der Waals surface area (Å²) in [5, 5.41) is 6.19. The maximum Gasteiger partial charge on any atom is 0.321 e. The number of amides is 3. The van der Waals surface area contributed by atoms with Gasteiger partial charge in [-0.1, -0.05) is 54.6 Å². The topological polar surface area (TPSA) is 86.7 Å². The Labute approximate surface area is 234 Å². The van der Waals surface area contributed by atoms with E-state index in [-0.39, 0.29) is 17.8 Å². The lowest BCUT2D eigenvalue weighted by Gasteiger charge is -2.24. The van der Waals surface area contributed by atoms with Crippen LogP contribution in [-0.4, -0.2) is 28.8 Å². The van der Waals surface area contributed by atoms with Gasteiger partial charge in [0.05, 0.1) is 28.2 Å². The van der Waals surface area contributed by atoms with Crippen molar-refractivity contribution in [1.82, 2.24) is 10.3 Å². The zero-order valence-corrected chi connectivity index (χ0v) is 22.3. The molecule has 40 heavy (non-hydrogen) atoms. The van der Waals surface area contributed by atoms with E-state index in [9.17, 15) is 9.59 Å². The molecule has 0 saturated heterocycles. The molecule has 2 N–H and O–H groups in total. The van der Waals surface area contributed by atoms with Gasteiger partial charge in [0.25, 0.3) is 5.91 Å². The molecule has 0 unspecified atom stereocenters. The Morgan fingerprint density at radius 1 is 0.950 bits per heavy atom. The number of anilines is 2. The molecular formula is C31H24FN5O2S. The van der Waals surface area contributed by atoms with Crippen LogP contribution < -0.4 is 15.5 Å². The quantitative estimate of drug-likeness (QED) is 0.271. The van der Waals surface area contributed by atoms with Crippen LogP contribution in [0.5, 0.6) is 0 Å². The predicted octanol–water partition coefficient (Wildman–Crippen LogP) is 6.28. The number of thiazole rings is 1. The lowest BCUT2D eigenvalue weighted by Crippen LogP contribution is -2.48. The molecule has 6 rings (SSSR count). The van der Waals surface area contributed by atoms with Crippen molar-refractivity contribution in [2.75, 3.05) is 10.2 Å². The molecule has 1 aromatic heterocycles. The van der Waals surface area contributed by atoms with Crippen molar-refractivity contribution in [2.24, 2.45) is 4.99 Å². The molecule has 9 heteroatoms. The van der Waals surface area contributed by atoms with Crippen LogP contribution in [0.2, 0.25) is 0 Å². The highest BCUT2D eigenvalue weighted by Gasteiger charge is 2.34. The van der Waals surface area contributed by atoms with Gasteiger partial charge in [-0.2, -0.15) is 0 Å². The molecular weight excluding hydrogens is 525 g/mol. The fourth-order valence-electron chi connectivity index (χ4n) is 4.69. The molecule has 198 valence electrons. The maximum absolute atomic E-state index is 15.1. The van der Waals surface area contributed by atoms with Gasteiger partial charge >= 0.3 is 6.03 Å². The number of para-hydroxylation sites is 2. The second-order valence-electron chi connectivity index (χ2n) is 9.34. The van der Waals surface area contributed by atoms with Gasteiger partial charge in [0.15, 0.2) is 0 Å². The van der Waals surface area contributed by atoms with Crippen molar-refractivity contribution in [1.29, 1.82) is 0 Å². The van der Waals surface area contributed by atoms with Crippen molar-refractivity contribution in [2.45, 2.75) is 19.6 Å². The minimum atomic E-state index is -1.32. The van der Waals surface area contributed by atoms with Crippen molar-refractivity contribution >= 4 is 50.6 Å². The number of nitrogens with zero attached hydrogens (tertiary/aromatic N) is 3. The number of hydrogen-bond acceptors (Lipinski definition) is 5. The van der Waals surface area contributed by atoms with Crippen molar-refractivity contribution < 1.29 is 14.0 Å². The summed E-state index contributed by atoms with van der Waals surface area (Å²) in [4.78, 5) is 38.1. The Bertz CT molecular complexity index is 1750. The minimum absolute atomic E-state index is 0.160. The summed E-state index contributed by atoms with van der Waals surface area (Å²) >= 11 is 1.49. The number of fused-ring (bicyclic) bond motifs is 2. The monoisotopic (exact) mass is 549 g/mol. The van der Waals surface area contributed by atoms with Crippen LogP contribution in [0.25, 0.3) is 10.2 Å². The SMILES string of the molecule is Cc1cccc(NC(=O)N[C@@H]2N=C(c3ccccc3F)c3ccccc3N(Cc3nc4ccccc4s3)C2=O)c1. The molecule has 0 aliphatic carbocycles. The summed E-state index contributed by atoms with van der Waals surface area (Å²) in [7, 11) is 0. The summed E-state index contributed by atoms with van der Waals surface area (Å²) in [5.74, 6) is -0.941. The number of benzodiazepines with no additional fused rings is 1. The zero-order chi connectivity index (χ0) is 27.6. The third-order valence-electron chi connectivity index (χ3n) is 6.51. The van der Waals surface area contributed by atoms with E-state index in [1.807, 2.05) is 61.5 Å². The van der Waals surface area contributed by atoms with Crippen LogP contribution in [0.4, 0.5) is 20.6 Å². The van der Waals surface area contributed by atoms with Crippen molar-refractivity contribution in [3.8, 4) is 0 Å². The Morgan fingerprint density at radius 2 is 1.70 bits per heavy atom. The van der Waals surface area contributed by atoms with Gasteiger partial charge in [0, 0.05) is 16.8 Å². The van der Waals surface area contributed by atoms with Gasteiger partial charge in [-0.3, -0.25) is 4.79 Å². The number of halogens is 1. The highest BCUT2D eigenvalue weighted by atomic mass is 32.1. The van der Waals surface area contributed by atoms with Gasteiger partial charge in [-0.05, 0) is 55.0 Å². The summed E-state index contributed by atoms with van der Waals surface area (Å²) in [6.07, 6.45) is -1.32. The van der Waals surface area contributed by atoms with Crippen molar-refractivity contribution in [3.05, 3.63) is 125 Å². The molecule has 0 bridgehead atoms. The Kier molecular flexibility index (Phi) is 6.79. The number of carbonyl (C=O) groups excluding carboxylic acids is 2. The number of benzene rings is 4. The molecule has 0 saturated carbocycles. The maximum atomic E-state index is 15.1. The van der Waals surface area contributed by atoms with E-state index in [2.05, 4.69) is 15.6 Å². The van der Waals surface area contributed by atoms with Crippen LogP contribution in [0.3, 0.4) is 0 Å². The van der Waals surface area contributed by atoms with Crippen LogP contribution in [0, 0.1) is 12.7 Å². The van der Waals surface area contributed by atoms with Gasteiger partial charge < -0.3 is 15.5 Å². The largest absolute Gasteiger partial charge is 0.321 e. The van der Waals surface area contributed by atoms with Crippen molar-refractivity contribution in [3.63, 3.8) is 0 Å². The van der Waals surface area contributed by atoms with E-state index < -0.39 is 23.9 Å². The summed E-state index contributed by atoms with van der Waals surface area (Å²) < 4.78 is 16.1. The number of urea groups is 1. The number of carbonyl (C=O) groups is 2. The molecule has 0 fully saturated rings. The number of aliphatic imine (C=N–C) groups is 1. The highest BCUT2D eigenvalue weighted by Crippen LogP contribution is 2.32. The average molecular weight is 550 g/mol. The van der Waals surface area contributed by atoms with E-state index >= 15 is 4.39 Å². The van der Waals surface area contributed by atoms with Gasteiger partial charge in [0.2, 0.25) is 6.17 Å². The first-order valence-electron chi connectivity index (χ1n) is 12.7. The fraction of sp³-hybridized carbons (Fsp3) is 0.0968. The van der Waals surface area contributed by atoms with E-state index in [1.165, 1.54) is 17.4 Å². The molecule has 3 amide bonds. The van der Waals surface area contributed by atoms with Gasteiger partial charge in [-0.15, -0.1) is 11.3 Å². The molecule has 5 aromatic rings. The molecule has 0 radical (unpaired) electrons. The standard InChI is InChI=1S/C31H24FN5O2S/c1-19-9-8-10-20(17-19)33-31(39)36-29-30(38)37(18-27-34-24-14-5-7-16-26(24)40-27)25-15-6-3-12-22(25)28(35-29)21-11-2-4-13-23(21)32/h2-17,29H,18H2,1H3,(H2,33,36,39)/t29-/m0/s1. The Morgan fingerprint density at radius 3 is 2.50 bits per heavy atom. The fourth-order valence-corrected chi connectivity index (χ4v) is 5.65. The number of nitrogens with one attached hydrogen (secondary N) is 2.